The fourth-order valence-corrected chi connectivity index (χ4v) is 5.52. The Bertz CT molecular complexity index is 1600. The first-order valence-corrected chi connectivity index (χ1v) is 22.4. The maximum absolute atomic E-state index is 4.70. The zero-order chi connectivity index (χ0) is 43.7. The molecule has 4 rings (SSSR count). The molecule has 7 heteroatoms. The van der Waals surface area contributed by atoms with Crippen molar-refractivity contribution in [2.45, 2.75) is 141 Å². The van der Waals surface area contributed by atoms with Crippen molar-refractivity contribution in [1.82, 2.24) is 0 Å². The van der Waals surface area contributed by atoms with Crippen LogP contribution in [0.4, 0.5) is 22.7 Å². The van der Waals surface area contributed by atoms with Gasteiger partial charge in [0, 0.05) is 0 Å². The Labute approximate surface area is 376 Å². The molecule has 316 valence electrons. The Morgan fingerprint density at radius 2 is 0.690 bits per heavy atom. The van der Waals surface area contributed by atoms with Crippen molar-refractivity contribution >= 4 is 38.9 Å². The molecular weight excluding hydrogens is 823 g/mol. The summed E-state index contributed by atoms with van der Waals surface area (Å²) >= 11 is 0. The zero-order valence-electron chi connectivity index (χ0n) is 39.6. The molecule has 0 saturated carbocycles. The van der Waals surface area contributed by atoms with Gasteiger partial charge in [-0.1, -0.05) is 170 Å². The Balaban J connectivity index is 0.000000770. The van der Waals surface area contributed by atoms with Crippen LogP contribution in [0.25, 0.3) is 16.0 Å². The van der Waals surface area contributed by atoms with Gasteiger partial charge in [-0.3, -0.25) is 0 Å². The molecule has 0 amide bonds. The molecule has 0 radical (unpaired) electrons. The van der Waals surface area contributed by atoms with E-state index in [0.29, 0.717) is 0 Å². The summed E-state index contributed by atoms with van der Waals surface area (Å²) in [6, 6.07) is 35.0. The van der Waals surface area contributed by atoms with Crippen molar-refractivity contribution in [2.24, 2.45) is 21.0 Å². The Morgan fingerprint density at radius 1 is 0.431 bits per heavy atom. The number of para-hydroxylation sites is 3. The Morgan fingerprint density at radius 3 is 0.879 bits per heavy atom. The van der Waals surface area contributed by atoms with E-state index in [1.165, 1.54) is 16.7 Å². The summed E-state index contributed by atoms with van der Waals surface area (Å²) in [5, 5.41) is 13.4. The number of rotatable bonds is 7. The normalized spacial score (nSPS) is 11.8. The third-order valence-electron chi connectivity index (χ3n) is 8.21. The van der Waals surface area contributed by atoms with E-state index in [4.69, 9.17) is 4.74 Å². The average Bonchev–Trinajstić information content (AvgIpc) is 3.09. The van der Waals surface area contributed by atoms with Crippen molar-refractivity contribution in [3.05, 3.63) is 136 Å². The molecule has 0 unspecified atom stereocenters. The Kier molecular flexibility index (Phi) is 23.7. The van der Waals surface area contributed by atoms with Gasteiger partial charge in [0.25, 0.3) is 0 Å². The molecule has 58 heavy (non-hydrogen) atoms. The average molecular weight is 901 g/mol. The van der Waals surface area contributed by atoms with Gasteiger partial charge in [0.2, 0.25) is 0 Å². The molecule has 0 fully saturated rings. The predicted octanol–water partition coefficient (Wildman–Crippen LogP) is 18.9. The molecule has 0 bridgehead atoms. The van der Waals surface area contributed by atoms with E-state index in [1.807, 2.05) is 91.0 Å². The molecule has 0 aliphatic carbocycles. The quantitative estimate of drug-likeness (QED) is 0.131. The Hall–Kier alpha value is -2.45. The van der Waals surface area contributed by atoms with Crippen molar-refractivity contribution in [3.8, 4) is 0 Å². The second-order valence-electron chi connectivity index (χ2n) is 21.5. The van der Waals surface area contributed by atoms with E-state index >= 15 is 0 Å². The standard InChI is InChI=1S/C18H29NP2.3C11H16N.Nb/c1-16(2,3)12-10-13(17(4,5)6)15(19-21-20)14(11-12)18(7,8)9;3*1-11(2,3)9-12-10-7-5-4-6-8-10;/h10-11H,1-9H3;3*4-8H,9H2,1-3H3;/q;3*-1;+3. The second kappa shape index (κ2) is 24.7. The van der Waals surface area contributed by atoms with Crippen LogP contribution >= 0.6 is 16.2 Å². The van der Waals surface area contributed by atoms with Crippen LogP contribution in [0.15, 0.2) is 108 Å². The predicted molar refractivity (Wildman–Crippen MR) is 260 cm³/mol. The number of nitrogens with zero attached hydrogens (tertiary/aromatic N) is 4. The van der Waals surface area contributed by atoms with Gasteiger partial charge in [-0.15, -0.1) is 36.7 Å². The van der Waals surface area contributed by atoms with E-state index < -0.39 is 0 Å². The summed E-state index contributed by atoms with van der Waals surface area (Å²) in [6.07, 6.45) is 0. The van der Waals surface area contributed by atoms with Crippen LogP contribution in [0.1, 0.15) is 141 Å². The molecule has 0 saturated heterocycles. The molecule has 4 aromatic rings. The minimum absolute atomic E-state index is 0. The van der Waals surface area contributed by atoms with Crippen molar-refractivity contribution in [3.63, 3.8) is 0 Å². The first kappa shape index (κ1) is 55.6. The molecule has 0 aliphatic heterocycles. The molecule has 0 heterocycles. The molecule has 0 aromatic heterocycles. The van der Waals surface area contributed by atoms with Crippen LogP contribution < -0.4 is 0 Å². The molecule has 0 aliphatic rings. The summed E-state index contributed by atoms with van der Waals surface area (Å²) in [5.74, 6) is 0. The van der Waals surface area contributed by atoms with E-state index in [9.17, 15) is 0 Å². The SMILES string of the molecule is CC(C)(C)C[N-]c1ccccc1.CC(C)(C)C[N-]c1ccccc1.CC(C)(C)C[N-]c1ccccc1.CC(C)(C)c1cc(C(C)(C)C)c(N=[P+]=[P-])c(C(C)(C)C)c1.[Nb+3]. The van der Waals surface area contributed by atoms with Crippen LogP contribution in [-0.2, 0) is 38.6 Å². The molecular formula is C51H77N4NbP2. The number of benzene rings is 4. The van der Waals surface area contributed by atoms with Crippen LogP contribution in [0.5, 0.6) is 0 Å². The summed E-state index contributed by atoms with van der Waals surface area (Å²) in [6.45, 7) is 42.8. The fraction of sp³-hybridized carbons (Fsp3) is 0.529. The summed E-state index contributed by atoms with van der Waals surface area (Å²) < 4.78 is 4.70. The molecule has 0 spiro atoms. The van der Waals surface area contributed by atoms with Crippen molar-refractivity contribution < 1.29 is 22.4 Å². The largest absolute Gasteiger partial charge is 3.00 e. The van der Waals surface area contributed by atoms with Gasteiger partial charge >= 0.3 is 156 Å². The monoisotopic (exact) mass is 900 g/mol. The number of hydrogen-bond acceptors (Lipinski definition) is 1. The molecule has 0 N–H and O–H groups in total. The van der Waals surface area contributed by atoms with E-state index in [1.54, 1.807) is 0 Å². The van der Waals surface area contributed by atoms with Gasteiger partial charge in [0.15, 0.2) is 0 Å². The van der Waals surface area contributed by atoms with Crippen molar-refractivity contribution in [2.75, 3.05) is 19.6 Å². The van der Waals surface area contributed by atoms with Gasteiger partial charge in [-0.05, 0) is 0 Å². The molecule has 0 atom stereocenters. The van der Waals surface area contributed by atoms with Crippen LogP contribution in [0, 0.1) is 16.2 Å². The third kappa shape index (κ3) is 25.2. The summed E-state index contributed by atoms with van der Waals surface area (Å²) in [7, 11) is 5.07. The van der Waals surface area contributed by atoms with Gasteiger partial charge in [0.05, 0.1) is 0 Å². The van der Waals surface area contributed by atoms with E-state index in [2.05, 4.69) is 161 Å². The second-order valence-corrected chi connectivity index (χ2v) is 22.4. The van der Waals surface area contributed by atoms with Crippen LogP contribution in [-0.4, -0.2) is 19.6 Å². The summed E-state index contributed by atoms with van der Waals surface area (Å²) in [5.41, 5.74) is 9.51. The third-order valence-corrected chi connectivity index (χ3v) is 8.77. The number of hydrogen-bond donors (Lipinski definition) is 0. The zero-order valence-corrected chi connectivity index (χ0v) is 43.6. The topological polar surface area (TPSA) is 54.7 Å². The van der Waals surface area contributed by atoms with Crippen molar-refractivity contribution in [1.29, 1.82) is 0 Å². The van der Waals surface area contributed by atoms with E-state index in [0.717, 1.165) is 50.0 Å². The molecule has 4 nitrogen and oxygen atoms in total. The minimum atomic E-state index is 0. The van der Waals surface area contributed by atoms with Crippen LogP contribution in [0.3, 0.4) is 0 Å². The molecule has 4 aromatic carbocycles. The van der Waals surface area contributed by atoms with Gasteiger partial charge < -0.3 is 16.0 Å². The van der Waals surface area contributed by atoms with E-state index in [-0.39, 0.29) is 54.9 Å². The summed E-state index contributed by atoms with van der Waals surface area (Å²) in [4.78, 5) is 0. The fourth-order valence-electron chi connectivity index (χ4n) is 4.95. The minimum Gasteiger partial charge on any atom is 3.00 e. The maximum Gasteiger partial charge on any atom is 3.00 e. The first-order valence-electron chi connectivity index (χ1n) is 20.4. The first-order chi connectivity index (χ1) is 26.0. The van der Waals surface area contributed by atoms with Gasteiger partial charge in [-0.2, -0.15) is 0 Å². The van der Waals surface area contributed by atoms with Crippen LogP contribution in [0.2, 0.25) is 0 Å². The van der Waals surface area contributed by atoms with Gasteiger partial charge in [-0.25, -0.2) is 0 Å². The van der Waals surface area contributed by atoms with Gasteiger partial charge in [0.1, 0.15) is 0 Å². The smallest absolute Gasteiger partial charge is 3.00 e. The maximum atomic E-state index is 4.70.